The van der Waals surface area contributed by atoms with Crippen LogP contribution in [0.25, 0.3) is 0 Å². The minimum atomic E-state index is 0.539. The number of benzene rings is 1. The van der Waals surface area contributed by atoms with E-state index in [0.717, 1.165) is 58.0 Å². The average molecular weight is 544 g/mol. The maximum Gasteiger partial charge on any atom is 0.170 e. The summed E-state index contributed by atoms with van der Waals surface area (Å²) in [4.78, 5) is 0. The van der Waals surface area contributed by atoms with Crippen LogP contribution in [-0.2, 0) is 13.1 Å². The number of aromatic nitrogens is 4. The molecule has 0 amide bonds. The summed E-state index contributed by atoms with van der Waals surface area (Å²) in [6, 6.07) is 5.61. The van der Waals surface area contributed by atoms with Crippen LogP contribution in [0.4, 0.5) is 5.69 Å². The third kappa shape index (κ3) is 5.80. The van der Waals surface area contributed by atoms with E-state index in [0.29, 0.717) is 21.7 Å². The quantitative estimate of drug-likeness (QED) is 0.291. The van der Waals surface area contributed by atoms with E-state index >= 15 is 0 Å². The van der Waals surface area contributed by atoms with E-state index in [9.17, 15) is 0 Å². The molecular weight excluding hydrogens is 519 g/mol. The minimum Gasteiger partial charge on any atom is -0.362 e. The molecule has 2 N–H and O–H groups in total. The summed E-state index contributed by atoms with van der Waals surface area (Å²) in [6.45, 7) is 10.2. The van der Waals surface area contributed by atoms with Crippen LogP contribution in [0, 0.1) is 27.7 Å². The highest BCUT2D eigenvalue weighted by atomic mass is 79.9. The van der Waals surface area contributed by atoms with Gasteiger partial charge in [-0.2, -0.15) is 10.2 Å². The Morgan fingerprint density at radius 2 is 1.74 bits per heavy atom. The molecule has 31 heavy (non-hydrogen) atoms. The Morgan fingerprint density at radius 1 is 1.03 bits per heavy atom. The zero-order valence-corrected chi connectivity index (χ0v) is 21.8. The summed E-state index contributed by atoms with van der Waals surface area (Å²) in [6.07, 6.45) is 0.908. The summed E-state index contributed by atoms with van der Waals surface area (Å²) in [5, 5.41) is 17.4. The van der Waals surface area contributed by atoms with Crippen molar-refractivity contribution in [2.45, 2.75) is 47.2 Å². The maximum absolute atomic E-state index is 6.14. The Bertz CT molecular complexity index is 1110. The van der Waals surface area contributed by atoms with Crippen LogP contribution in [0.1, 0.15) is 34.8 Å². The lowest BCUT2D eigenvalue weighted by Crippen LogP contribution is -2.30. The molecule has 0 aliphatic rings. The molecule has 0 saturated heterocycles. The van der Waals surface area contributed by atoms with E-state index in [4.69, 9.17) is 35.4 Å². The Labute approximate surface area is 206 Å². The lowest BCUT2D eigenvalue weighted by Gasteiger charge is -2.12. The summed E-state index contributed by atoms with van der Waals surface area (Å²) in [7, 11) is 0. The van der Waals surface area contributed by atoms with E-state index in [-0.39, 0.29) is 0 Å². The zero-order valence-electron chi connectivity index (χ0n) is 17.9. The fourth-order valence-corrected chi connectivity index (χ4v) is 4.13. The van der Waals surface area contributed by atoms with Crippen molar-refractivity contribution in [1.29, 1.82) is 0 Å². The third-order valence-electron chi connectivity index (χ3n) is 5.06. The molecule has 6 nitrogen and oxygen atoms in total. The van der Waals surface area contributed by atoms with Crippen molar-refractivity contribution in [1.82, 2.24) is 24.9 Å². The molecule has 10 heteroatoms. The second-order valence-electron chi connectivity index (χ2n) is 7.39. The molecule has 1 aromatic carbocycles. The first-order valence-corrected chi connectivity index (χ1v) is 11.9. The predicted octanol–water partition coefficient (Wildman–Crippen LogP) is 5.81. The first-order valence-electron chi connectivity index (χ1n) is 9.89. The number of halogens is 3. The van der Waals surface area contributed by atoms with Crippen LogP contribution in [0.2, 0.25) is 10.0 Å². The monoisotopic (exact) mass is 542 g/mol. The Kier molecular flexibility index (Phi) is 8.02. The van der Waals surface area contributed by atoms with Crippen molar-refractivity contribution < 1.29 is 0 Å². The Hall–Kier alpha value is -1.61. The van der Waals surface area contributed by atoms with E-state index in [2.05, 4.69) is 43.7 Å². The van der Waals surface area contributed by atoms with Gasteiger partial charge in [0.05, 0.1) is 43.8 Å². The molecule has 0 fully saturated rings. The smallest absolute Gasteiger partial charge is 0.170 e. The van der Waals surface area contributed by atoms with Gasteiger partial charge >= 0.3 is 0 Å². The number of aryl methyl sites for hydroxylation is 3. The van der Waals surface area contributed by atoms with Crippen molar-refractivity contribution in [2.75, 3.05) is 11.9 Å². The van der Waals surface area contributed by atoms with Gasteiger partial charge < -0.3 is 10.6 Å². The van der Waals surface area contributed by atoms with E-state index in [1.165, 1.54) is 0 Å². The molecule has 3 rings (SSSR count). The third-order valence-corrected chi connectivity index (χ3v) is 7.19. The maximum atomic E-state index is 6.14. The zero-order chi connectivity index (χ0) is 22.7. The van der Waals surface area contributed by atoms with Crippen molar-refractivity contribution in [3.8, 4) is 0 Å². The SMILES string of the molecule is Cc1nn(CCCNC(=S)Nc2c(C)nn(Cc3ccc(Cl)c(Cl)c3)c2C)c(C)c1Br. The van der Waals surface area contributed by atoms with Crippen molar-refractivity contribution >= 4 is 62.1 Å². The first-order chi connectivity index (χ1) is 14.7. The predicted molar refractivity (Wildman–Crippen MR) is 136 cm³/mol. The fourth-order valence-electron chi connectivity index (χ4n) is 3.32. The van der Waals surface area contributed by atoms with Crippen molar-refractivity contribution in [2.24, 2.45) is 0 Å². The van der Waals surface area contributed by atoms with Gasteiger partial charge in [-0.15, -0.1) is 0 Å². The van der Waals surface area contributed by atoms with Gasteiger partial charge in [0.25, 0.3) is 0 Å². The molecule has 0 atom stereocenters. The highest BCUT2D eigenvalue weighted by Crippen LogP contribution is 2.25. The normalized spacial score (nSPS) is 11.1. The molecule has 0 spiro atoms. The van der Waals surface area contributed by atoms with Gasteiger partial charge in [0.15, 0.2) is 5.11 Å². The molecule has 0 radical (unpaired) electrons. The van der Waals surface area contributed by atoms with Gasteiger partial charge in [0.1, 0.15) is 0 Å². The lowest BCUT2D eigenvalue weighted by atomic mass is 10.2. The van der Waals surface area contributed by atoms with E-state index < -0.39 is 0 Å². The van der Waals surface area contributed by atoms with Gasteiger partial charge in [0, 0.05) is 18.8 Å². The number of thiocarbonyl (C=S) groups is 1. The number of hydrogen-bond donors (Lipinski definition) is 2. The molecule has 0 saturated carbocycles. The Morgan fingerprint density at radius 3 is 2.39 bits per heavy atom. The van der Waals surface area contributed by atoms with Crippen LogP contribution in [0.3, 0.4) is 0 Å². The van der Waals surface area contributed by atoms with Gasteiger partial charge in [-0.05, 0) is 80.0 Å². The summed E-state index contributed by atoms with van der Waals surface area (Å²) in [5.41, 5.74) is 5.97. The van der Waals surface area contributed by atoms with Gasteiger partial charge in [-0.1, -0.05) is 29.3 Å². The van der Waals surface area contributed by atoms with Crippen LogP contribution in [-0.4, -0.2) is 31.2 Å². The summed E-state index contributed by atoms with van der Waals surface area (Å²) < 4.78 is 5.01. The average Bonchev–Trinajstić information content (AvgIpc) is 3.12. The molecule has 0 aliphatic carbocycles. The lowest BCUT2D eigenvalue weighted by molar-refractivity contribution is 0.558. The van der Waals surface area contributed by atoms with Crippen molar-refractivity contribution in [3.63, 3.8) is 0 Å². The molecular formula is C21H25BrCl2N6S. The second kappa shape index (κ2) is 10.3. The number of nitrogens with zero attached hydrogens (tertiary/aromatic N) is 4. The van der Waals surface area contributed by atoms with Gasteiger partial charge in [0.2, 0.25) is 0 Å². The summed E-state index contributed by atoms with van der Waals surface area (Å²) >= 11 is 21.2. The van der Waals surface area contributed by atoms with Crippen LogP contribution < -0.4 is 10.6 Å². The molecule has 2 heterocycles. The van der Waals surface area contributed by atoms with Gasteiger partial charge in [-0.25, -0.2) is 0 Å². The molecule has 0 bridgehead atoms. The number of nitrogens with one attached hydrogen (secondary N) is 2. The first kappa shape index (κ1) is 24.0. The molecule has 0 aliphatic heterocycles. The highest BCUT2D eigenvalue weighted by Gasteiger charge is 2.14. The second-order valence-corrected chi connectivity index (χ2v) is 9.41. The van der Waals surface area contributed by atoms with Crippen LogP contribution in [0.15, 0.2) is 22.7 Å². The molecule has 0 unspecified atom stereocenters. The number of rotatable bonds is 7. The highest BCUT2D eigenvalue weighted by molar-refractivity contribution is 9.10. The standard InChI is InChI=1S/C21H25BrCl2N6S/c1-12-19(22)14(3)29(27-12)9-5-8-25-21(31)26-20-13(2)28-30(15(20)4)11-16-6-7-17(23)18(24)10-16/h6-7,10H,5,8-9,11H2,1-4H3,(H2,25,26,31). The van der Waals surface area contributed by atoms with Crippen LogP contribution in [0.5, 0.6) is 0 Å². The molecule has 3 aromatic rings. The number of hydrogen-bond acceptors (Lipinski definition) is 3. The topological polar surface area (TPSA) is 59.7 Å². The largest absolute Gasteiger partial charge is 0.362 e. The molecule has 2 aromatic heterocycles. The summed E-state index contributed by atoms with van der Waals surface area (Å²) in [5.74, 6) is 0. The van der Waals surface area contributed by atoms with E-state index in [1.54, 1.807) is 6.07 Å². The van der Waals surface area contributed by atoms with Gasteiger partial charge in [-0.3, -0.25) is 9.36 Å². The number of anilines is 1. The molecule has 166 valence electrons. The van der Waals surface area contributed by atoms with E-state index in [1.807, 2.05) is 42.3 Å². The van der Waals surface area contributed by atoms with Crippen LogP contribution >= 0.6 is 51.3 Å². The minimum absolute atomic E-state index is 0.539. The Balaban J connectivity index is 1.55. The van der Waals surface area contributed by atoms with Crippen molar-refractivity contribution in [3.05, 3.63) is 61.1 Å². The fraction of sp³-hybridized carbons (Fsp3) is 0.381.